The summed E-state index contributed by atoms with van der Waals surface area (Å²) in [6.45, 7) is 4.77. The molecule has 2 nitrogen and oxygen atoms in total. The van der Waals surface area contributed by atoms with E-state index in [0.29, 0.717) is 24.5 Å². The summed E-state index contributed by atoms with van der Waals surface area (Å²) in [7, 11) is 0. The average molecular weight is 345 g/mol. The van der Waals surface area contributed by atoms with Crippen molar-refractivity contribution in [2.75, 3.05) is 6.61 Å². The van der Waals surface area contributed by atoms with E-state index in [1.54, 1.807) is 0 Å². The zero-order valence-corrected chi connectivity index (χ0v) is 15.2. The first kappa shape index (κ1) is 18.5. The zero-order chi connectivity index (χ0) is 17.4. The van der Waals surface area contributed by atoms with Crippen LogP contribution in [0.1, 0.15) is 61.0 Å². The fourth-order valence-corrected chi connectivity index (χ4v) is 2.84. The van der Waals surface area contributed by atoms with Gasteiger partial charge in [-0.1, -0.05) is 43.5 Å². The van der Waals surface area contributed by atoms with E-state index in [9.17, 15) is 4.79 Å². The van der Waals surface area contributed by atoms with E-state index in [-0.39, 0.29) is 5.78 Å². The van der Waals surface area contributed by atoms with Crippen LogP contribution in [-0.4, -0.2) is 12.4 Å². The Bertz CT molecular complexity index is 662. The normalized spacial score (nSPS) is 10.6. The molecule has 0 unspecified atom stereocenters. The highest BCUT2D eigenvalue weighted by molar-refractivity contribution is 6.31. The second kappa shape index (κ2) is 9.48. The van der Waals surface area contributed by atoms with Crippen LogP contribution in [0.3, 0.4) is 0 Å². The molecular formula is C21H25ClO2. The summed E-state index contributed by atoms with van der Waals surface area (Å²) in [5.74, 6) is 1.07. The quantitative estimate of drug-likeness (QED) is 0.406. The lowest BCUT2D eigenvalue weighted by atomic mass is 9.99. The van der Waals surface area contributed by atoms with Gasteiger partial charge < -0.3 is 4.74 Å². The highest BCUT2D eigenvalue weighted by Crippen LogP contribution is 2.23. The molecule has 0 fully saturated rings. The Kier molecular flexibility index (Phi) is 7.33. The van der Waals surface area contributed by atoms with Crippen molar-refractivity contribution in [1.82, 2.24) is 0 Å². The number of carbonyl (C=O) groups is 1. The first-order chi connectivity index (χ1) is 11.6. The molecule has 2 rings (SSSR count). The molecule has 128 valence electrons. The molecule has 0 aliphatic rings. The molecule has 0 heterocycles. The molecule has 2 aromatic rings. The summed E-state index contributed by atoms with van der Waals surface area (Å²) in [5, 5.41) is 0.703. The first-order valence-corrected chi connectivity index (χ1v) is 9.05. The lowest BCUT2D eigenvalue weighted by Crippen LogP contribution is -2.01. The molecule has 0 aromatic heterocycles. The van der Waals surface area contributed by atoms with Gasteiger partial charge in [0.05, 0.1) is 6.61 Å². The van der Waals surface area contributed by atoms with E-state index in [2.05, 4.69) is 6.92 Å². The van der Waals surface area contributed by atoms with Gasteiger partial charge >= 0.3 is 0 Å². The second-order valence-corrected chi connectivity index (χ2v) is 6.35. The molecule has 0 spiro atoms. The number of Topliss-reactive ketones (excluding diaryl/α,β-unsaturated/α-hetero) is 1. The summed E-state index contributed by atoms with van der Waals surface area (Å²) in [6, 6.07) is 13.6. The number of hydrogen-bond donors (Lipinski definition) is 0. The Morgan fingerprint density at radius 2 is 1.79 bits per heavy atom. The monoisotopic (exact) mass is 344 g/mol. The predicted octanol–water partition coefficient (Wildman–Crippen LogP) is 6.09. The van der Waals surface area contributed by atoms with Gasteiger partial charge in [0.15, 0.2) is 5.78 Å². The summed E-state index contributed by atoms with van der Waals surface area (Å²) in [6.07, 6.45) is 4.49. The number of hydrogen-bond acceptors (Lipinski definition) is 2. The third-order valence-corrected chi connectivity index (χ3v) is 4.37. The molecular weight excluding hydrogens is 320 g/mol. The van der Waals surface area contributed by atoms with Gasteiger partial charge in [0.2, 0.25) is 0 Å². The van der Waals surface area contributed by atoms with Crippen molar-refractivity contribution in [2.24, 2.45) is 0 Å². The van der Waals surface area contributed by atoms with Gasteiger partial charge in [-0.25, -0.2) is 0 Å². The van der Waals surface area contributed by atoms with Crippen molar-refractivity contribution < 1.29 is 9.53 Å². The topological polar surface area (TPSA) is 26.3 Å². The van der Waals surface area contributed by atoms with Gasteiger partial charge in [-0.05, 0) is 61.2 Å². The second-order valence-electron chi connectivity index (χ2n) is 5.94. The number of halogens is 1. The fourth-order valence-electron chi connectivity index (χ4n) is 2.65. The molecule has 3 heteroatoms. The predicted molar refractivity (Wildman–Crippen MR) is 100 cm³/mol. The highest BCUT2D eigenvalue weighted by atomic mass is 35.5. The minimum atomic E-state index is 0.202. The number of unbranched alkanes of at least 4 members (excludes halogenated alkanes) is 2. The lowest BCUT2D eigenvalue weighted by Gasteiger charge is -2.09. The molecule has 0 bridgehead atoms. The van der Waals surface area contributed by atoms with Crippen molar-refractivity contribution in [1.29, 1.82) is 0 Å². The SMILES string of the molecule is CCCCCC(=O)c1ccc(Cl)c(Cc2ccc(OCC)cc2)c1. The largest absolute Gasteiger partial charge is 0.494 e. The molecule has 24 heavy (non-hydrogen) atoms. The summed E-state index contributed by atoms with van der Waals surface area (Å²) in [5.41, 5.74) is 2.90. The minimum Gasteiger partial charge on any atom is -0.494 e. The van der Waals surface area contributed by atoms with Crippen molar-refractivity contribution >= 4 is 17.4 Å². The molecule has 0 amide bonds. The maximum Gasteiger partial charge on any atom is 0.162 e. The number of ketones is 1. The maximum absolute atomic E-state index is 12.3. The van der Waals surface area contributed by atoms with E-state index in [1.807, 2.05) is 49.4 Å². The highest BCUT2D eigenvalue weighted by Gasteiger charge is 2.09. The number of rotatable bonds is 9. The Morgan fingerprint density at radius 1 is 1.04 bits per heavy atom. The maximum atomic E-state index is 12.3. The molecule has 0 radical (unpaired) electrons. The fraction of sp³-hybridized carbons (Fsp3) is 0.381. The third kappa shape index (κ3) is 5.38. The molecule has 2 aromatic carbocycles. The van der Waals surface area contributed by atoms with Crippen LogP contribution in [-0.2, 0) is 6.42 Å². The van der Waals surface area contributed by atoms with E-state index >= 15 is 0 Å². The van der Waals surface area contributed by atoms with Gasteiger partial charge in [0, 0.05) is 17.0 Å². The average Bonchev–Trinajstić information content (AvgIpc) is 2.59. The van der Waals surface area contributed by atoms with Crippen molar-refractivity contribution in [3.63, 3.8) is 0 Å². The van der Waals surface area contributed by atoms with Gasteiger partial charge in [0.1, 0.15) is 5.75 Å². The zero-order valence-electron chi connectivity index (χ0n) is 14.5. The van der Waals surface area contributed by atoms with Crippen LogP contribution in [0.15, 0.2) is 42.5 Å². The lowest BCUT2D eigenvalue weighted by molar-refractivity contribution is 0.0979. The number of benzene rings is 2. The van der Waals surface area contributed by atoms with Crippen molar-refractivity contribution in [3.8, 4) is 5.75 Å². The van der Waals surface area contributed by atoms with Crippen LogP contribution >= 0.6 is 11.6 Å². The van der Waals surface area contributed by atoms with Crippen LogP contribution in [0, 0.1) is 0 Å². The third-order valence-electron chi connectivity index (χ3n) is 4.00. The van der Waals surface area contributed by atoms with E-state index in [1.165, 1.54) is 0 Å². The van der Waals surface area contributed by atoms with Crippen LogP contribution in [0.2, 0.25) is 5.02 Å². The number of ether oxygens (including phenoxy) is 1. The smallest absolute Gasteiger partial charge is 0.162 e. The standard InChI is InChI=1S/C21H25ClO2/c1-3-5-6-7-21(23)17-10-13-20(22)18(15-17)14-16-8-11-19(12-9-16)24-4-2/h8-13,15H,3-7,14H2,1-2H3. The Morgan fingerprint density at radius 3 is 2.46 bits per heavy atom. The van der Waals surface area contributed by atoms with Gasteiger partial charge in [-0.15, -0.1) is 0 Å². The van der Waals surface area contributed by atoms with Gasteiger partial charge in [-0.2, -0.15) is 0 Å². The van der Waals surface area contributed by atoms with E-state index in [4.69, 9.17) is 16.3 Å². The van der Waals surface area contributed by atoms with Crippen molar-refractivity contribution in [2.45, 2.75) is 46.0 Å². The molecule has 0 saturated heterocycles. The molecule has 0 saturated carbocycles. The van der Waals surface area contributed by atoms with Gasteiger partial charge in [-0.3, -0.25) is 4.79 Å². The molecule has 0 atom stereocenters. The summed E-state index contributed by atoms with van der Waals surface area (Å²) >= 11 is 6.32. The van der Waals surface area contributed by atoms with Crippen LogP contribution in [0.25, 0.3) is 0 Å². The Balaban J connectivity index is 2.09. The van der Waals surface area contributed by atoms with E-state index in [0.717, 1.165) is 41.7 Å². The van der Waals surface area contributed by atoms with Crippen LogP contribution in [0.4, 0.5) is 0 Å². The summed E-state index contributed by atoms with van der Waals surface area (Å²) in [4.78, 5) is 12.3. The van der Waals surface area contributed by atoms with Crippen molar-refractivity contribution in [3.05, 3.63) is 64.2 Å². The Hall–Kier alpha value is -1.80. The van der Waals surface area contributed by atoms with E-state index < -0.39 is 0 Å². The number of carbonyl (C=O) groups excluding carboxylic acids is 1. The van der Waals surface area contributed by atoms with Crippen LogP contribution < -0.4 is 4.74 Å². The molecule has 0 N–H and O–H groups in total. The molecule has 0 aliphatic heterocycles. The first-order valence-electron chi connectivity index (χ1n) is 8.67. The summed E-state index contributed by atoms with van der Waals surface area (Å²) < 4.78 is 5.46. The van der Waals surface area contributed by atoms with Crippen LogP contribution in [0.5, 0.6) is 5.75 Å². The molecule has 0 aliphatic carbocycles. The minimum absolute atomic E-state index is 0.202. The van der Waals surface area contributed by atoms with Gasteiger partial charge in [0.25, 0.3) is 0 Å². The Labute approximate surface area is 149 Å².